The summed E-state index contributed by atoms with van der Waals surface area (Å²) in [6.07, 6.45) is 5.21. The summed E-state index contributed by atoms with van der Waals surface area (Å²) < 4.78 is 16.6. The minimum atomic E-state index is -0.342. The van der Waals surface area contributed by atoms with Crippen molar-refractivity contribution in [3.05, 3.63) is 77.9 Å². The minimum Gasteiger partial charge on any atom is -0.497 e. The number of esters is 1. The fourth-order valence-electron chi connectivity index (χ4n) is 2.99. The van der Waals surface area contributed by atoms with E-state index in [2.05, 4.69) is 19.1 Å². The van der Waals surface area contributed by atoms with Crippen LogP contribution >= 0.6 is 0 Å². The molecule has 0 amide bonds. The van der Waals surface area contributed by atoms with E-state index in [0.717, 1.165) is 29.7 Å². The summed E-state index contributed by atoms with van der Waals surface area (Å²) in [4.78, 5) is 11.9. The molecule has 0 heterocycles. The van der Waals surface area contributed by atoms with Crippen LogP contribution in [-0.4, -0.2) is 26.3 Å². The molecule has 2 rings (SSSR count). The van der Waals surface area contributed by atoms with Crippen molar-refractivity contribution in [2.45, 2.75) is 38.7 Å². The molecule has 2 aromatic rings. The molecule has 0 bridgehead atoms. The molecule has 0 radical (unpaired) electrons. The highest BCUT2D eigenvalue weighted by Crippen LogP contribution is 2.36. The molecule has 0 N–H and O–H groups in total. The fraction of sp³-hybridized carbons (Fsp3) is 0.375. The SMILES string of the molecule is CCCCOC(c1ccc(OC)cc1)C(C=CC(=O)OCC)c1ccccc1. The molecular formula is C24H30O4. The molecule has 0 aliphatic rings. The highest BCUT2D eigenvalue weighted by molar-refractivity contribution is 5.82. The van der Waals surface area contributed by atoms with Crippen molar-refractivity contribution in [3.8, 4) is 5.75 Å². The van der Waals surface area contributed by atoms with E-state index < -0.39 is 0 Å². The van der Waals surface area contributed by atoms with E-state index >= 15 is 0 Å². The smallest absolute Gasteiger partial charge is 0.330 e. The first-order valence-corrected chi connectivity index (χ1v) is 9.85. The minimum absolute atomic E-state index is 0.115. The summed E-state index contributed by atoms with van der Waals surface area (Å²) in [6.45, 7) is 4.95. The Hall–Kier alpha value is -2.59. The molecule has 2 atom stereocenters. The first-order chi connectivity index (χ1) is 13.7. The molecule has 4 nitrogen and oxygen atoms in total. The summed E-state index contributed by atoms with van der Waals surface area (Å²) in [5.41, 5.74) is 2.12. The summed E-state index contributed by atoms with van der Waals surface area (Å²) in [6, 6.07) is 18.0. The third-order valence-corrected chi connectivity index (χ3v) is 4.48. The lowest BCUT2D eigenvalue weighted by Gasteiger charge is -2.26. The molecule has 0 spiro atoms. The molecule has 2 aromatic carbocycles. The number of hydrogen-bond donors (Lipinski definition) is 0. The predicted octanol–water partition coefficient (Wildman–Crippen LogP) is 5.46. The summed E-state index contributed by atoms with van der Waals surface area (Å²) in [5, 5.41) is 0. The Morgan fingerprint density at radius 3 is 2.32 bits per heavy atom. The van der Waals surface area contributed by atoms with Crippen LogP contribution in [0.3, 0.4) is 0 Å². The van der Waals surface area contributed by atoms with Gasteiger partial charge in [-0.05, 0) is 36.6 Å². The number of rotatable bonds is 11. The largest absolute Gasteiger partial charge is 0.497 e. The Morgan fingerprint density at radius 1 is 1.00 bits per heavy atom. The van der Waals surface area contributed by atoms with Crippen molar-refractivity contribution < 1.29 is 19.0 Å². The van der Waals surface area contributed by atoms with Crippen LogP contribution < -0.4 is 4.74 Å². The molecule has 2 unspecified atom stereocenters. The van der Waals surface area contributed by atoms with E-state index in [9.17, 15) is 4.79 Å². The third-order valence-electron chi connectivity index (χ3n) is 4.48. The van der Waals surface area contributed by atoms with Crippen LogP contribution in [0.4, 0.5) is 0 Å². The van der Waals surface area contributed by atoms with Gasteiger partial charge in [-0.2, -0.15) is 0 Å². The van der Waals surface area contributed by atoms with Crippen molar-refractivity contribution in [1.82, 2.24) is 0 Å². The Balaban J connectivity index is 2.38. The lowest BCUT2D eigenvalue weighted by atomic mass is 9.88. The van der Waals surface area contributed by atoms with Crippen LogP contribution in [0.25, 0.3) is 0 Å². The van der Waals surface area contributed by atoms with Crippen molar-refractivity contribution in [2.24, 2.45) is 0 Å². The van der Waals surface area contributed by atoms with Crippen LogP contribution in [0.15, 0.2) is 66.7 Å². The quantitative estimate of drug-likeness (QED) is 0.294. The van der Waals surface area contributed by atoms with Gasteiger partial charge in [0.15, 0.2) is 0 Å². The van der Waals surface area contributed by atoms with Gasteiger partial charge in [-0.25, -0.2) is 4.79 Å². The van der Waals surface area contributed by atoms with E-state index in [0.29, 0.717) is 13.2 Å². The average Bonchev–Trinajstić information content (AvgIpc) is 2.74. The van der Waals surface area contributed by atoms with E-state index in [1.807, 2.05) is 48.5 Å². The summed E-state index contributed by atoms with van der Waals surface area (Å²) >= 11 is 0. The van der Waals surface area contributed by atoms with E-state index in [-0.39, 0.29) is 18.0 Å². The second kappa shape index (κ2) is 12.0. The van der Waals surface area contributed by atoms with E-state index in [1.165, 1.54) is 6.08 Å². The van der Waals surface area contributed by atoms with Crippen LogP contribution in [0.1, 0.15) is 49.8 Å². The number of benzene rings is 2. The van der Waals surface area contributed by atoms with Crippen LogP contribution in [0, 0.1) is 0 Å². The number of carbonyl (C=O) groups is 1. The zero-order chi connectivity index (χ0) is 20.2. The molecule has 28 heavy (non-hydrogen) atoms. The van der Waals surface area contributed by atoms with Crippen molar-refractivity contribution in [3.63, 3.8) is 0 Å². The van der Waals surface area contributed by atoms with Gasteiger partial charge in [-0.1, -0.05) is 61.9 Å². The Kier molecular flexibility index (Phi) is 9.29. The Morgan fingerprint density at radius 2 is 1.71 bits per heavy atom. The second-order valence-electron chi connectivity index (χ2n) is 6.47. The molecule has 0 saturated carbocycles. The maximum absolute atomic E-state index is 11.9. The highest BCUT2D eigenvalue weighted by atomic mass is 16.5. The monoisotopic (exact) mass is 382 g/mol. The number of hydrogen-bond acceptors (Lipinski definition) is 4. The van der Waals surface area contributed by atoms with Crippen LogP contribution in [0.2, 0.25) is 0 Å². The molecular weight excluding hydrogens is 352 g/mol. The number of ether oxygens (including phenoxy) is 3. The van der Waals surface area contributed by atoms with Crippen LogP contribution in [-0.2, 0) is 14.3 Å². The van der Waals surface area contributed by atoms with Gasteiger partial charge < -0.3 is 14.2 Å². The molecule has 0 fully saturated rings. The molecule has 0 aromatic heterocycles. The lowest BCUT2D eigenvalue weighted by molar-refractivity contribution is -0.137. The first-order valence-electron chi connectivity index (χ1n) is 9.85. The highest BCUT2D eigenvalue weighted by Gasteiger charge is 2.24. The zero-order valence-corrected chi connectivity index (χ0v) is 17.0. The molecule has 0 aliphatic carbocycles. The first kappa shape index (κ1) is 21.7. The maximum Gasteiger partial charge on any atom is 0.330 e. The van der Waals surface area contributed by atoms with Gasteiger partial charge in [0.25, 0.3) is 0 Å². The topological polar surface area (TPSA) is 44.8 Å². The molecule has 150 valence electrons. The Labute approximate surface area is 168 Å². The molecule has 0 aliphatic heterocycles. The van der Waals surface area contributed by atoms with Gasteiger partial charge in [-0.3, -0.25) is 0 Å². The normalized spacial score (nSPS) is 13.2. The van der Waals surface area contributed by atoms with Gasteiger partial charge in [0, 0.05) is 18.6 Å². The maximum atomic E-state index is 11.9. The average molecular weight is 383 g/mol. The summed E-state index contributed by atoms with van der Waals surface area (Å²) in [7, 11) is 1.65. The third kappa shape index (κ3) is 6.54. The van der Waals surface area contributed by atoms with Crippen molar-refractivity contribution in [2.75, 3.05) is 20.3 Å². The van der Waals surface area contributed by atoms with Crippen molar-refractivity contribution in [1.29, 1.82) is 0 Å². The number of carbonyl (C=O) groups excluding carboxylic acids is 1. The van der Waals surface area contributed by atoms with Crippen LogP contribution in [0.5, 0.6) is 5.75 Å². The zero-order valence-electron chi connectivity index (χ0n) is 17.0. The van der Waals surface area contributed by atoms with Gasteiger partial charge >= 0.3 is 5.97 Å². The standard InChI is InChI=1S/C24H30O4/c1-4-6-18-28-24(20-12-14-21(26-3)15-13-20)22(16-17-23(25)27-5-2)19-10-8-7-9-11-19/h7-17,22,24H,4-6,18H2,1-3H3. The van der Waals surface area contributed by atoms with E-state index in [1.54, 1.807) is 14.0 Å². The lowest BCUT2D eigenvalue weighted by Crippen LogP contribution is -2.15. The predicted molar refractivity (Wildman–Crippen MR) is 112 cm³/mol. The molecule has 4 heteroatoms. The second-order valence-corrected chi connectivity index (χ2v) is 6.47. The number of methoxy groups -OCH3 is 1. The Bertz CT molecular complexity index is 722. The number of unbranched alkanes of at least 4 members (excludes halogenated alkanes) is 1. The van der Waals surface area contributed by atoms with E-state index in [4.69, 9.17) is 14.2 Å². The van der Waals surface area contributed by atoms with Gasteiger partial charge in [0.2, 0.25) is 0 Å². The van der Waals surface area contributed by atoms with Crippen molar-refractivity contribution >= 4 is 5.97 Å². The van der Waals surface area contributed by atoms with Gasteiger partial charge in [0.1, 0.15) is 5.75 Å². The fourth-order valence-corrected chi connectivity index (χ4v) is 2.99. The van der Waals surface area contributed by atoms with Gasteiger partial charge in [0.05, 0.1) is 19.8 Å². The summed E-state index contributed by atoms with van der Waals surface area (Å²) in [5.74, 6) is 0.343. The molecule has 0 saturated heterocycles. The van der Waals surface area contributed by atoms with Gasteiger partial charge in [-0.15, -0.1) is 0 Å².